The molecule has 4 heteroatoms. The Labute approximate surface area is 133 Å². The Kier molecular flexibility index (Phi) is 5.75. The van der Waals surface area contributed by atoms with Crippen LogP contribution >= 0.6 is 0 Å². The topological polar surface area (TPSA) is 46.2 Å². The molecule has 0 bridgehead atoms. The normalized spacial score (nSPS) is 13.0. The van der Waals surface area contributed by atoms with Crippen LogP contribution in [0.4, 0.5) is 0 Å². The quantitative estimate of drug-likeness (QED) is 0.788. The minimum Gasteiger partial charge on any atom is -0.211 e. The Morgan fingerprint density at radius 1 is 1.00 bits per heavy atom. The first-order chi connectivity index (χ1) is 10.5. The Balaban J connectivity index is 1.82. The van der Waals surface area contributed by atoms with Gasteiger partial charge in [-0.1, -0.05) is 55.0 Å². The van der Waals surface area contributed by atoms with Crippen molar-refractivity contribution < 1.29 is 8.42 Å². The molecule has 118 valence electrons. The second kappa shape index (κ2) is 7.56. The SMILES string of the molecule is Cc1ccc(S(=O)(=O)NCCCC(C)c2ccccc2)cc1. The summed E-state index contributed by atoms with van der Waals surface area (Å²) >= 11 is 0. The van der Waals surface area contributed by atoms with E-state index in [2.05, 4.69) is 23.8 Å². The van der Waals surface area contributed by atoms with Crippen molar-refractivity contribution in [2.45, 2.75) is 37.5 Å². The van der Waals surface area contributed by atoms with E-state index in [-0.39, 0.29) is 0 Å². The molecule has 0 aromatic heterocycles. The first-order valence-corrected chi connectivity index (χ1v) is 9.08. The molecule has 2 aromatic rings. The van der Waals surface area contributed by atoms with Crippen LogP contribution in [-0.4, -0.2) is 15.0 Å². The minimum absolute atomic E-state index is 0.328. The molecule has 1 atom stereocenters. The summed E-state index contributed by atoms with van der Waals surface area (Å²) in [6, 6.07) is 17.2. The van der Waals surface area contributed by atoms with Crippen LogP contribution in [0.2, 0.25) is 0 Å². The van der Waals surface area contributed by atoms with Crippen LogP contribution < -0.4 is 4.72 Å². The molecule has 2 aromatic carbocycles. The lowest BCUT2D eigenvalue weighted by Crippen LogP contribution is -2.25. The second-order valence-corrected chi connectivity index (χ2v) is 7.43. The Bertz CT molecular complexity index is 679. The monoisotopic (exact) mass is 317 g/mol. The van der Waals surface area contributed by atoms with E-state index >= 15 is 0 Å². The lowest BCUT2D eigenvalue weighted by atomic mass is 9.96. The van der Waals surface area contributed by atoms with E-state index < -0.39 is 10.0 Å². The maximum Gasteiger partial charge on any atom is 0.240 e. The molecule has 2 rings (SSSR count). The maximum absolute atomic E-state index is 12.1. The molecule has 0 amide bonds. The third kappa shape index (κ3) is 4.68. The van der Waals surface area contributed by atoms with Gasteiger partial charge >= 0.3 is 0 Å². The molecular formula is C18H23NO2S. The molecule has 0 fully saturated rings. The van der Waals surface area contributed by atoms with Crippen molar-refractivity contribution >= 4 is 10.0 Å². The van der Waals surface area contributed by atoms with Gasteiger partial charge in [-0.3, -0.25) is 0 Å². The third-order valence-electron chi connectivity index (χ3n) is 3.81. The fraction of sp³-hybridized carbons (Fsp3) is 0.333. The van der Waals surface area contributed by atoms with Crippen LogP contribution in [0.15, 0.2) is 59.5 Å². The van der Waals surface area contributed by atoms with Crippen molar-refractivity contribution in [1.29, 1.82) is 0 Å². The Morgan fingerprint density at radius 2 is 1.64 bits per heavy atom. The van der Waals surface area contributed by atoms with Gasteiger partial charge in [0.25, 0.3) is 0 Å². The highest BCUT2D eigenvalue weighted by Crippen LogP contribution is 2.19. The van der Waals surface area contributed by atoms with Gasteiger partial charge in [0.05, 0.1) is 4.90 Å². The highest BCUT2D eigenvalue weighted by atomic mass is 32.2. The molecule has 1 N–H and O–H groups in total. The molecule has 0 aliphatic rings. The van der Waals surface area contributed by atoms with Gasteiger partial charge in [-0.15, -0.1) is 0 Å². The van der Waals surface area contributed by atoms with E-state index in [0.717, 1.165) is 18.4 Å². The van der Waals surface area contributed by atoms with E-state index in [1.54, 1.807) is 12.1 Å². The molecule has 0 saturated carbocycles. The summed E-state index contributed by atoms with van der Waals surface area (Å²) in [5, 5.41) is 0. The van der Waals surface area contributed by atoms with Crippen molar-refractivity contribution in [1.82, 2.24) is 4.72 Å². The summed E-state index contributed by atoms with van der Waals surface area (Å²) in [5.41, 5.74) is 2.35. The van der Waals surface area contributed by atoms with E-state index in [4.69, 9.17) is 0 Å². The van der Waals surface area contributed by atoms with Gasteiger partial charge in [-0.05, 0) is 43.4 Å². The van der Waals surface area contributed by atoms with E-state index in [1.807, 2.05) is 37.3 Å². The van der Waals surface area contributed by atoms with Gasteiger partial charge in [-0.2, -0.15) is 0 Å². The zero-order chi connectivity index (χ0) is 16.0. The number of aryl methyl sites for hydroxylation is 1. The second-order valence-electron chi connectivity index (χ2n) is 5.66. The Morgan fingerprint density at radius 3 is 2.27 bits per heavy atom. The number of nitrogens with one attached hydrogen (secondary N) is 1. The summed E-state index contributed by atoms with van der Waals surface area (Å²) in [7, 11) is -3.39. The fourth-order valence-corrected chi connectivity index (χ4v) is 3.44. The molecule has 0 radical (unpaired) electrons. The maximum atomic E-state index is 12.1. The summed E-state index contributed by atoms with van der Waals surface area (Å²) in [5.74, 6) is 0.435. The predicted molar refractivity (Wildman–Crippen MR) is 90.5 cm³/mol. The molecule has 0 heterocycles. The number of sulfonamides is 1. The van der Waals surface area contributed by atoms with Crippen molar-refractivity contribution in [3.8, 4) is 0 Å². The summed E-state index contributed by atoms with van der Waals surface area (Å²) < 4.78 is 27.0. The van der Waals surface area contributed by atoms with Crippen LogP contribution in [-0.2, 0) is 10.0 Å². The zero-order valence-corrected chi connectivity index (χ0v) is 13.9. The van der Waals surface area contributed by atoms with Gasteiger partial charge in [0, 0.05) is 6.54 Å². The molecule has 0 saturated heterocycles. The molecule has 0 aliphatic heterocycles. The summed E-state index contributed by atoms with van der Waals surface area (Å²) in [4.78, 5) is 0.328. The summed E-state index contributed by atoms with van der Waals surface area (Å²) in [6.07, 6.45) is 1.78. The smallest absolute Gasteiger partial charge is 0.211 e. The van der Waals surface area contributed by atoms with Gasteiger partial charge < -0.3 is 0 Å². The summed E-state index contributed by atoms with van der Waals surface area (Å²) in [6.45, 7) is 4.58. The van der Waals surface area contributed by atoms with Crippen molar-refractivity contribution in [2.24, 2.45) is 0 Å². The van der Waals surface area contributed by atoms with E-state index in [1.165, 1.54) is 5.56 Å². The number of hydrogen-bond acceptors (Lipinski definition) is 2. The largest absolute Gasteiger partial charge is 0.240 e. The fourth-order valence-electron chi connectivity index (χ4n) is 2.36. The van der Waals surface area contributed by atoms with Crippen molar-refractivity contribution in [3.05, 3.63) is 65.7 Å². The van der Waals surface area contributed by atoms with E-state index in [0.29, 0.717) is 17.4 Å². The Hall–Kier alpha value is -1.65. The van der Waals surface area contributed by atoms with Gasteiger partial charge in [-0.25, -0.2) is 13.1 Å². The van der Waals surface area contributed by atoms with Crippen LogP contribution in [0.5, 0.6) is 0 Å². The van der Waals surface area contributed by atoms with E-state index in [9.17, 15) is 8.42 Å². The lowest BCUT2D eigenvalue weighted by molar-refractivity contribution is 0.569. The average molecular weight is 317 g/mol. The lowest BCUT2D eigenvalue weighted by Gasteiger charge is -2.12. The van der Waals surface area contributed by atoms with Crippen molar-refractivity contribution in [3.63, 3.8) is 0 Å². The molecule has 22 heavy (non-hydrogen) atoms. The minimum atomic E-state index is -3.39. The highest BCUT2D eigenvalue weighted by Gasteiger charge is 2.13. The van der Waals surface area contributed by atoms with Crippen LogP contribution in [0, 0.1) is 6.92 Å². The molecule has 3 nitrogen and oxygen atoms in total. The van der Waals surface area contributed by atoms with Crippen LogP contribution in [0.1, 0.15) is 36.8 Å². The van der Waals surface area contributed by atoms with Crippen molar-refractivity contribution in [2.75, 3.05) is 6.54 Å². The average Bonchev–Trinajstić information content (AvgIpc) is 2.52. The number of hydrogen-bond donors (Lipinski definition) is 1. The predicted octanol–water partition coefficient (Wildman–Crippen LogP) is 3.86. The van der Waals surface area contributed by atoms with Gasteiger partial charge in [0.1, 0.15) is 0 Å². The molecular weight excluding hydrogens is 294 g/mol. The molecule has 0 aliphatic carbocycles. The first-order valence-electron chi connectivity index (χ1n) is 7.60. The molecule has 1 unspecified atom stereocenters. The van der Waals surface area contributed by atoms with Gasteiger partial charge in [0.15, 0.2) is 0 Å². The highest BCUT2D eigenvalue weighted by molar-refractivity contribution is 7.89. The van der Waals surface area contributed by atoms with Crippen LogP contribution in [0.3, 0.4) is 0 Å². The first kappa shape index (κ1) is 16.7. The molecule has 0 spiro atoms. The number of benzene rings is 2. The number of rotatable bonds is 7. The van der Waals surface area contributed by atoms with Gasteiger partial charge in [0.2, 0.25) is 10.0 Å². The van der Waals surface area contributed by atoms with Crippen LogP contribution in [0.25, 0.3) is 0 Å². The standard InChI is InChI=1S/C18H23NO2S/c1-15-10-12-18(13-11-15)22(20,21)19-14-6-7-16(2)17-8-4-3-5-9-17/h3-5,8-13,16,19H,6-7,14H2,1-2H3. The zero-order valence-electron chi connectivity index (χ0n) is 13.1. The third-order valence-corrected chi connectivity index (χ3v) is 5.28.